The average Bonchev–Trinajstić information content (AvgIpc) is 2.90. The van der Waals surface area contributed by atoms with Gasteiger partial charge in [-0.1, -0.05) is 6.92 Å². The molecule has 0 spiro atoms. The van der Waals surface area contributed by atoms with Crippen LogP contribution in [0.3, 0.4) is 0 Å². The maximum Gasteiger partial charge on any atom is 0.177 e. The predicted molar refractivity (Wildman–Crippen MR) is 72.9 cm³/mol. The van der Waals surface area contributed by atoms with Gasteiger partial charge in [0.15, 0.2) is 11.4 Å². The maximum absolute atomic E-state index is 9.14. The van der Waals surface area contributed by atoms with Crippen molar-refractivity contribution in [3.8, 4) is 18.0 Å². The molecule has 0 aliphatic rings. The van der Waals surface area contributed by atoms with E-state index in [1.807, 2.05) is 31.2 Å². The third kappa shape index (κ3) is 2.51. The van der Waals surface area contributed by atoms with E-state index >= 15 is 0 Å². The van der Waals surface area contributed by atoms with Gasteiger partial charge in [0.1, 0.15) is 24.3 Å². The van der Waals surface area contributed by atoms with E-state index in [1.165, 1.54) is 10.9 Å². The van der Waals surface area contributed by atoms with Gasteiger partial charge in [0.05, 0.1) is 0 Å². The fraction of sp³-hybridized carbons (Fsp3) is 0.286. The molecule has 6 nitrogen and oxygen atoms in total. The van der Waals surface area contributed by atoms with Crippen LogP contribution in [-0.2, 0) is 0 Å². The van der Waals surface area contributed by atoms with E-state index in [9.17, 15) is 0 Å². The highest BCUT2D eigenvalue weighted by Gasteiger charge is 2.13. The predicted octanol–water partition coefficient (Wildman–Crippen LogP) is 1.68. The van der Waals surface area contributed by atoms with E-state index in [4.69, 9.17) is 10.5 Å². The van der Waals surface area contributed by atoms with E-state index < -0.39 is 0 Å². The molecule has 6 heteroatoms. The minimum Gasteiger partial charge on any atom is -0.310 e. The van der Waals surface area contributed by atoms with Gasteiger partial charge in [-0.05, 0) is 31.2 Å². The van der Waals surface area contributed by atoms with Crippen molar-refractivity contribution >= 4 is 0 Å². The third-order valence-corrected chi connectivity index (χ3v) is 3.01. The van der Waals surface area contributed by atoms with Crippen LogP contribution in [-0.4, -0.2) is 21.1 Å². The Morgan fingerprint density at radius 3 is 2.80 bits per heavy atom. The van der Waals surface area contributed by atoms with Crippen LogP contribution < -0.4 is 5.32 Å². The Morgan fingerprint density at radius 2 is 2.15 bits per heavy atom. The lowest BCUT2D eigenvalue weighted by molar-refractivity contribution is 0.597. The Bertz CT molecular complexity index is 688. The summed E-state index contributed by atoms with van der Waals surface area (Å²) in [6.45, 7) is 4.97. The summed E-state index contributed by atoms with van der Waals surface area (Å²) in [5, 5.41) is 21.4. The van der Waals surface area contributed by atoms with Gasteiger partial charge in [0.25, 0.3) is 0 Å². The number of aromatic nitrogens is 3. The van der Waals surface area contributed by atoms with Crippen LogP contribution in [0, 0.1) is 22.7 Å². The van der Waals surface area contributed by atoms with Gasteiger partial charge in [-0.25, -0.2) is 9.97 Å². The van der Waals surface area contributed by atoms with Gasteiger partial charge in [0, 0.05) is 12.2 Å². The average molecular weight is 266 g/mol. The summed E-state index contributed by atoms with van der Waals surface area (Å²) < 4.78 is 1.53. The van der Waals surface area contributed by atoms with Crippen molar-refractivity contribution in [1.82, 2.24) is 19.9 Å². The molecule has 100 valence electrons. The highest BCUT2D eigenvalue weighted by Crippen LogP contribution is 2.17. The molecule has 1 N–H and O–H groups in total. The summed E-state index contributed by atoms with van der Waals surface area (Å²) in [7, 11) is 0. The molecule has 1 unspecified atom stereocenters. The van der Waals surface area contributed by atoms with Gasteiger partial charge in [-0.2, -0.15) is 10.5 Å². The zero-order valence-electron chi connectivity index (χ0n) is 11.3. The first-order valence-corrected chi connectivity index (χ1v) is 6.28. The molecule has 0 aromatic carbocycles. The van der Waals surface area contributed by atoms with Crippen molar-refractivity contribution in [1.29, 1.82) is 10.5 Å². The van der Waals surface area contributed by atoms with Crippen molar-refractivity contribution in [3.05, 3.63) is 41.6 Å². The quantitative estimate of drug-likeness (QED) is 0.909. The van der Waals surface area contributed by atoms with Gasteiger partial charge < -0.3 is 5.32 Å². The molecule has 0 radical (unpaired) electrons. The van der Waals surface area contributed by atoms with Crippen molar-refractivity contribution in [2.45, 2.75) is 19.9 Å². The van der Waals surface area contributed by atoms with E-state index in [0.717, 1.165) is 12.1 Å². The summed E-state index contributed by atoms with van der Waals surface area (Å²) in [5.41, 5.74) is 1.38. The van der Waals surface area contributed by atoms with Crippen LogP contribution in [0.25, 0.3) is 5.82 Å². The second-order valence-electron chi connectivity index (χ2n) is 4.26. The summed E-state index contributed by atoms with van der Waals surface area (Å²) in [6, 6.07) is 7.88. The number of nitriles is 2. The molecule has 0 aliphatic carbocycles. The topological polar surface area (TPSA) is 90.3 Å². The molecule has 0 saturated carbocycles. The number of rotatable bonds is 4. The summed E-state index contributed by atoms with van der Waals surface area (Å²) in [5.74, 6) is 0.581. The smallest absolute Gasteiger partial charge is 0.177 e. The lowest BCUT2D eigenvalue weighted by Gasteiger charge is -2.13. The molecule has 2 rings (SSSR count). The summed E-state index contributed by atoms with van der Waals surface area (Å²) >= 11 is 0. The lowest BCUT2D eigenvalue weighted by atomic mass is 10.1. The van der Waals surface area contributed by atoms with Crippen LogP contribution in [0.15, 0.2) is 24.7 Å². The molecule has 0 bridgehead atoms. The van der Waals surface area contributed by atoms with Crippen molar-refractivity contribution < 1.29 is 0 Å². The van der Waals surface area contributed by atoms with Crippen LogP contribution >= 0.6 is 0 Å². The zero-order valence-corrected chi connectivity index (χ0v) is 11.3. The molecule has 0 saturated heterocycles. The Labute approximate surface area is 117 Å². The monoisotopic (exact) mass is 266 g/mol. The fourth-order valence-corrected chi connectivity index (χ4v) is 1.97. The fourth-order valence-electron chi connectivity index (χ4n) is 1.97. The van der Waals surface area contributed by atoms with Crippen LogP contribution in [0.4, 0.5) is 0 Å². The first-order valence-electron chi connectivity index (χ1n) is 6.28. The normalized spacial score (nSPS) is 11.6. The van der Waals surface area contributed by atoms with E-state index in [-0.39, 0.29) is 17.4 Å². The molecule has 1 atom stereocenters. The van der Waals surface area contributed by atoms with E-state index in [0.29, 0.717) is 5.82 Å². The first-order chi connectivity index (χ1) is 9.71. The molecule has 20 heavy (non-hydrogen) atoms. The van der Waals surface area contributed by atoms with Crippen LogP contribution in [0.1, 0.15) is 36.8 Å². The van der Waals surface area contributed by atoms with E-state index in [2.05, 4.69) is 22.2 Å². The molecule has 0 aliphatic heterocycles. The first kappa shape index (κ1) is 13.7. The second kappa shape index (κ2) is 5.96. The number of nitrogens with zero attached hydrogens (tertiary/aromatic N) is 5. The highest BCUT2D eigenvalue weighted by molar-refractivity contribution is 5.42. The van der Waals surface area contributed by atoms with E-state index in [1.54, 1.807) is 6.20 Å². The Morgan fingerprint density at radius 1 is 1.35 bits per heavy atom. The molecular weight excluding hydrogens is 252 g/mol. The molecule has 2 aromatic heterocycles. The summed E-state index contributed by atoms with van der Waals surface area (Å²) in [6.07, 6.45) is 3.13. The van der Waals surface area contributed by atoms with Gasteiger partial charge in [-0.3, -0.25) is 4.57 Å². The maximum atomic E-state index is 9.14. The van der Waals surface area contributed by atoms with Gasteiger partial charge >= 0.3 is 0 Å². The van der Waals surface area contributed by atoms with Gasteiger partial charge in [0.2, 0.25) is 0 Å². The number of imidazole rings is 1. The number of nitrogens with one attached hydrogen (secondary N) is 1. The highest BCUT2D eigenvalue weighted by atomic mass is 15.1. The van der Waals surface area contributed by atoms with Gasteiger partial charge in [-0.15, -0.1) is 0 Å². The van der Waals surface area contributed by atoms with Crippen LogP contribution in [0.2, 0.25) is 0 Å². The number of hydrogen-bond acceptors (Lipinski definition) is 5. The van der Waals surface area contributed by atoms with Crippen molar-refractivity contribution in [3.63, 3.8) is 0 Å². The number of hydrogen-bond donors (Lipinski definition) is 1. The molecular formula is C14H14N6. The lowest BCUT2D eigenvalue weighted by Crippen LogP contribution is -2.18. The SMILES string of the molecule is CCNC(C)c1ccnc(-n2cnc(C#N)c2C#N)c1. The molecule has 2 aromatic rings. The molecule has 2 heterocycles. The minimum absolute atomic E-state index is 0.111. The molecule has 0 amide bonds. The van der Waals surface area contributed by atoms with Crippen molar-refractivity contribution in [2.75, 3.05) is 6.54 Å². The van der Waals surface area contributed by atoms with Crippen molar-refractivity contribution in [2.24, 2.45) is 0 Å². The zero-order chi connectivity index (χ0) is 14.5. The third-order valence-electron chi connectivity index (χ3n) is 3.01. The number of pyridine rings is 1. The Hall–Kier alpha value is -2.70. The van der Waals surface area contributed by atoms with Crippen LogP contribution in [0.5, 0.6) is 0 Å². The molecule has 0 fully saturated rings. The Kier molecular flexibility index (Phi) is 4.09. The minimum atomic E-state index is 0.111. The largest absolute Gasteiger partial charge is 0.310 e. The standard InChI is InChI=1S/C14H14N6/c1-3-17-10(2)11-4-5-18-14(6-11)20-9-19-12(7-15)13(20)8-16/h4-6,9-10,17H,3H2,1-2H3. The summed E-state index contributed by atoms with van der Waals surface area (Å²) in [4.78, 5) is 8.16. The Balaban J connectivity index is 2.45. The second-order valence-corrected chi connectivity index (χ2v) is 4.26.